The highest BCUT2D eigenvalue weighted by Crippen LogP contribution is 2.27. The molecule has 0 fully saturated rings. The minimum absolute atomic E-state index is 0.00461. The lowest BCUT2D eigenvalue weighted by Crippen LogP contribution is -1.94. The zero-order valence-electron chi connectivity index (χ0n) is 6.37. The molecule has 4 nitrogen and oxygen atoms in total. The third kappa shape index (κ3) is 1.55. The maximum Gasteiger partial charge on any atom is 0.272 e. The minimum Gasteiger partial charge on any atom is -0.398 e. The lowest BCUT2D eigenvalue weighted by molar-refractivity contribution is -0.384. The highest BCUT2D eigenvalue weighted by Gasteiger charge is 2.09. The van der Waals surface area contributed by atoms with Gasteiger partial charge >= 0.3 is 0 Å². The topological polar surface area (TPSA) is 69.2 Å². The second-order valence-corrected chi connectivity index (χ2v) is 3.25. The lowest BCUT2D eigenvalue weighted by Gasteiger charge is -2.01. The molecule has 0 bridgehead atoms. The van der Waals surface area contributed by atoms with Gasteiger partial charge in [-0.05, 0) is 12.5 Å². The molecule has 0 aliphatic heterocycles. The van der Waals surface area contributed by atoms with E-state index in [-0.39, 0.29) is 5.69 Å². The third-order valence-electron chi connectivity index (χ3n) is 1.58. The first kappa shape index (κ1) is 8.99. The maximum atomic E-state index is 10.3. The van der Waals surface area contributed by atoms with Crippen molar-refractivity contribution < 1.29 is 4.92 Å². The molecule has 0 saturated heterocycles. The highest BCUT2D eigenvalue weighted by molar-refractivity contribution is 9.10. The van der Waals surface area contributed by atoms with Crippen LogP contribution >= 0.6 is 15.9 Å². The summed E-state index contributed by atoms with van der Waals surface area (Å²) in [6.07, 6.45) is 0. The molecule has 1 rings (SSSR count). The summed E-state index contributed by atoms with van der Waals surface area (Å²) in [7, 11) is 0. The van der Waals surface area contributed by atoms with E-state index in [0.29, 0.717) is 10.2 Å². The Morgan fingerprint density at radius 3 is 2.58 bits per heavy atom. The normalized spacial score (nSPS) is 9.83. The van der Waals surface area contributed by atoms with E-state index in [2.05, 4.69) is 15.9 Å². The Bertz CT molecular complexity index is 315. The predicted molar refractivity (Wildman–Crippen MR) is 49.9 cm³/mol. The molecule has 0 heterocycles. The summed E-state index contributed by atoms with van der Waals surface area (Å²) in [5.41, 5.74) is 6.78. The van der Waals surface area contributed by atoms with Crippen LogP contribution in [0.5, 0.6) is 0 Å². The Kier molecular flexibility index (Phi) is 2.32. The standard InChI is InChI=1S/C7H7BrN2O2/c1-4-6(8)2-5(10(11)12)3-7(4)9/h2-3H,9H2,1H3. The molecule has 2 N–H and O–H groups in total. The quantitative estimate of drug-likeness (QED) is 0.457. The first-order valence-corrected chi connectivity index (χ1v) is 4.01. The zero-order chi connectivity index (χ0) is 9.30. The van der Waals surface area contributed by atoms with Crippen molar-refractivity contribution in [2.45, 2.75) is 6.92 Å². The van der Waals surface area contributed by atoms with E-state index in [4.69, 9.17) is 5.73 Å². The fourth-order valence-electron chi connectivity index (χ4n) is 0.791. The number of benzene rings is 1. The predicted octanol–water partition coefficient (Wildman–Crippen LogP) is 2.25. The first-order valence-electron chi connectivity index (χ1n) is 3.22. The second kappa shape index (κ2) is 3.10. The SMILES string of the molecule is Cc1c(N)cc([N+](=O)[O-])cc1Br. The maximum absolute atomic E-state index is 10.3. The van der Waals surface area contributed by atoms with Crippen LogP contribution in [0.15, 0.2) is 16.6 Å². The fourth-order valence-corrected chi connectivity index (χ4v) is 1.25. The average Bonchev–Trinajstić information content (AvgIpc) is 1.99. The monoisotopic (exact) mass is 230 g/mol. The Morgan fingerprint density at radius 1 is 1.58 bits per heavy atom. The molecule has 0 saturated carbocycles. The van der Waals surface area contributed by atoms with Crippen LogP contribution in [0.25, 0.3) is 0 Å². The minimum atomic E-state index is -0.472. The van der Waals surface area contributed by atoms with E-state index >= 15 is 0 Å². The molecular weight excluding hydrogens is 224 g/mol. The van der Waals surface area contributed by atoms with Crippen LogP contribution in [-0.4, -0.2) is 4.92 Å². The van der Waals surface area contributed by atoms with Gasteiger partial charge in [-0.3, -0.25) is 10.1 Å². The van der Waals surface area contributed by atoms with E-state index in [1.807, 2.05) is 0 Å². The summed E-state index contributed by atoms with van der Waals surface area (Å²) in [6.45, 7) is 1.79. The Hall–Kier alpha value is -1.10. The van der Waals surface area contributed by atoms with Crippen LogP contribution in [-0.2, 0) is 0 Å². The van der Waals surface area contributed by atoms with Gasteiger partial charge in [0.25, 0.3) is 5.69 Å². The van der Waals surface area contributed by atoms with Crippen molar-refractivity contribution in [1.29, 1.82) is 0 Å². The largest absolute Gasteiger partial charge is 0.398 e. The molecule has 0 radical (unpaired) electrons. The molecule has 1 aromatic rings. The molecule has 0 aromatic heterocycles. The summed E-state index contributed by atoms with van der Waals surface area (Å²) in [4.78, 5) is 9.87. The molecule has 0 amide bonds. The number of rotatable bonds is 1. The van der Waals surface area contributed by atoms with Crippen molar-refractivity contribution in [3.05, 3.63) is 32.3 Å². The second-order valence-electron chi connectivity index (χ2n) is 2.40. The number of hydrogen-bond acceptors (Lipinski definition) is 3. The molecule has 1 aromatic carbocycles. The smallest absolute Gasteiger partial charge is 0.272 e. The average molecular weight is 231 g/mol. The molecule has 12 heavy (non-hydrogen) atoms. The zero-order valence-corrected chi connectivity index (χ0v) is 7.96. The Balaban J connectivity index is 3.31. The van der Waals surface area contributed by atoms with Gasteiger partial charge in [0.1, 0.15) is 0 Å². The van der Waals surface area contributed by atoms with Gasteiger partial charge in [-0.25, -0.2) is 0 Å². The van der Waals surface area contributed by atoms with Crippen molar-refractivity contribution in [3.8, 4) is 0 Å². The van der Waals surface area contributed by atoms with Crippen LogP contribution < -0.4 is 5.73 Å². The van der Waals surface area contributed by atoms with Crippen molar-refractivity contribution in [1.82, 2.24) is 0 Å². The van der Waals surface area contributed by atoms with E-state index < -0.39 is 4.92 Å². The van der Waals surface area contributed by atoms with Gasteiger partial charge in [-0.15, -0.1) is 0 Å². The number of nitrogen functional groups attached to an aromatic ring is 1. The fraction of sp³-hybridized carbons (Fsp3) is 0.143. The number of nitrogens with two attached hydrogens (primary N) is 1. The van der Waals surface area contributed by atoms with Crippen LogP contribution in [0.4, 0.5) is 11.4 Å². The van der Waals surface area contributed by atoms with Gasteiger partial charge in [-0.2, -0.15) is 0 Å². The van der Waals surface area contributed by atoms with E-state index in [9.17, 15) is 10.1 Å². The van der Waals surface area contributed by atoms with Crippen LogP contribution in [0.1, 0.15) is 5.56 Å². The molecule has 0 aliphatic carbocycles. The van der Waals surface area contributed by atoms with E-state index in [0.717, 1.165) is 5.56 Å². The lowest BCUT2D eigenvalue weighted by atomic mass is 10.2. The van der Waals surface area contributed by atoms with E-state index in [1.165, 1.54) is 12.1 Å². The summed E-state index contributed by atoms with van der Waals surface area (Å²) >= 11 is 3.18. The Labute approximate surface area is 77.7 Å². The van der Waals surface area contributed by atoms with E-state index in [1.54, 1.807) is 6.92 Å². The molecule has 0 atom stereocenters. The number of non-ortho nitro benzene ring substituents is 1. The van der Waals surface area contributed by atoms with Gasteiger partial charge in [0.15, 0.2) is 0 Å². The molecular formula is C7H7BrN2O2. The van der Waals surface area contributed by atoms with Crippen LogP contribution in [0, 0.1) is 17.0 Å². The molecule has 64 valence electrons. The van der Waals surface area contributed by atoms with Gasteiger partial charge in [-0.1, -0.05) is 15.9 Å². The first-order chi connectivity index (χ1) is 5.52. The van der Waals surface area contributed by atoms with Crippen molar-refractivity contribution >= 4 is 27.3 Å². The van der Waals surface area contributed by atoms with Gasteiger partial charge in [0.2, 0.25) is 0 Å². The molecule has 0 unspecified atom stereocenters. The molecule has 0 spiro atoms. The van der Waals surface area contributed by atoms with Crippen molar-refractivity contribution in [2.24, 2.45) is 0 Å². The molecule has 5 heteroatoms. The number of nitrogens with zero attached hydrogens (tertiary/aromatic N) is 1. The van der Waals surface area contributed by atoms with Crippen molar-refractivity contribution in [2.75, 3.05) is 5.73 Å². The Morgan fingerprint density at radius 2 is 2.17 bits per heavy atom. The highest BCUT2D eigenvalue weighted by atomic mass is 79.9. The van der Waals surface area contributed by atoms with Crippen molar-refractivity contribution in [3.63, 3.8) is 0 Å². The number of nitro groups is 1. The van der Waals surface area contributed by atoms with Gasteiger partial charge in [0.05, 0.1) is 4.92 Å². The van der Waals surface area contributed by atoms with Gasteiger partial charge < -0.3 is 5.73 Å². The third-order valence-corrected chi connectivity index (χ3v) is 2.40. The summed E-state index contributed by atoms with van der Waals surface area (Å²) in [5.74, 6) is 0. The summed E-state index contributed by atoms with van der Waals surface area (Å²) in [6, 6.07) is 2.78. The number of hydrogen-bond donors (Lipinski definition) is 1. The van der Waals surface area contributed by atoms with Crippen LogP contribution in [0.2, 0.25) is 0 Å². The number of nitro benzene ring substituents is 1. The number of halogens is 1. The summed E-state index contributed by atoms with van der Waals surface area (Å²) < 4.78 is 0.661. The van der Waals surface area contributed by atoms with Gasteiger partial charge in [0, 0.05) is 22.3 Å². The number of anilines is 1. The summed E-state index contributed by atoms with van der Waals surface area (Å²) in [5, 5.41) is 10.3. The van der Waals surface area contributed by atoms with Crippen LogP contribution in [0.3, 0.4) is 0 Å². The molecule has 0 aliphatic rings.